The van der Waals surface area contributed by atoms with Crippen LogP contribution in [-0.4, -0.2) is 67.5 Å². The van der Waals surface area contributed by atoms with Crippen LogP contribution < -0.4 is 10.5 Å². The first-order valence-corrected chi connectivity index (χ1v) is 13.6. The van der Waals surface area contributed by atoms with Crippen molar-refractivity contribution in [3.05, 3.63) is 76.6 Å². The summed E-state index contributed by atoms with van der Waals surface area (Å²) in [5.41, 5.74) is 11.7. The standard InChI is InChI=1S/C30H29ClN8O3/c1-6-42-27-21(11-22(31)16(2)24(27)18-8-10-23(34-12-18)30(41)38(4)5)17(3)39-29-25(28(32)35-15-36-29)26(37-39)19-7-9-20(14-40)33-13-19/h7-15,17H,6H2,1-5H3,(H2,32,35,36). The Morgan fingerprint density at radius 1 is 1.12 bits per heavy atom. The number of carbonyl (C=O) groups excluding carboxylic acids is 2. The van der Waals surface area contributed by atoms with Crippen LogP contribution in [0.5, 0.6) is 5.75 Å². The van der Waals surface area contributed by atoms with E-state index in [9.17, 15) is 9.59 Å². The van der Waals surface area contributed by atoms with Gasteiger partial charge in [-0.2, -0.15) is 5.10 Å². The topological polar surface area (TPSA) is 142 Å². The van der Waals surface area contributed by atoms with E-state index in [0.29, 0.717) is 57.3 Å². The number of fused-ring (bicyclic) bond motifs is 1. The molecule has 0 aliphatic carbocycles. The van der Waals surface area contributed by atoms with Crippen molar-refractivity contribution in [3.63, 3.8) is 0 Å². The average molecular weight is 585 g/mol. The van der Waals surface area contributed by atoms with Gasteiger partial charge in [0.05, 0.1) is 18.0 Å². The minimum absolute atomic E-state index is 0.192. The van der Waals surface area contributed by atoms with Crippen LogP contribution in [0.2, 0.25) is 5.02 Å². The molecule has 1 atom stereocenters. The lowest BCUT2D eigenvalue weighted by Gasteiger charge is -2.23. The molecule has 11 nitrogen and oxygen atoms in total. The van der Waals surface area contributed by atoms with Gasteiger partial charge in [-0.1, -0.05) is 17.7 Å². The SMILES string of the molecule is CCOc1c(C(C)n2nc(-c3ccc(C=O)nc3)c3c(N)ncnc32)cc(Cl)c(C)c1-c1ccc(C(=O)N(C)C)nc1. The van der Waals surface area contributed by atoms with Gasteiger partial charge in [-0.3, -0.25) is 19.6 Å². The first-order valence-electron chi connectivity index (χ1n) is 13.2. The van der Waals surface area contributed by atoms with Crippen molar-refractivity contribution in [2.45, 2.75) is 26.8 Å². The number of benzene rings is 1. The third kappa shape index (κ3) is 5.03. The van der Waals surface area contributed by atoms with Gasteiger partial charge in [0.25, 0.3) is 5.91 Å². The number of hydrogen-bond acceptors (Lipinski definition) is 9. The summed E-state index contributed by atoms with van der Waals surface area (Å²) in [7, 11) is 3.36. The van der Waals surface area contributed by atoms with E-state index in [1.54, 1.807) is 49.4 Å². The van der Waals surface area contributed by atoms with Gasteiger partial charge in [0, 0.05) is 53.8 Å². The number of amides is 1. The zero-order valence-electron chi connectivity index (χ0n) is 23.8. The Balaban J connectivity index is 1.69. The van der Waals surface area contributed by atoms with Crippen LogP contribution in [-0.2, 0) is 0 Å². The van der Waals surface area contributed by atoms with Crippen molar-refractivity contribution in [2.75, 3.05) is 26.4 Å². The first-order chi connectivity index (χ1) is 20.2. The average Bonchev–Trinajstić information content (AvgIpc) is 3.39. The van der Waals surface area contributed by atoms with E-state index in [1.807, 2.05) is 32.9 Å². The summed E-state index contributed by atoms with van der Waals surface area (Å²) in [6.07, 6.45) is 5.28. The Morgan fingerprint density at radius 3 is 2.48 bits per heavy atom. The zero-order valence-corrected chi connectivity index (χ0v) is 24.5. The van der Waals surface area contributed by atoms with E-state index in [1.165, 1.54) is 11.2 Å². The minimum atomic E-state index is -0.418. The van der Waals surface area contributed by atoms with Gasteiger partial charge in [0.15, 0.2) is 11.9 Å². The molecule has 0 spiro atoms. The molecule has 4 aromatic heterocycles. The second-order valence-electron chi connectivity index (χ2n) is 9.86. The highest BCUT2D eigenvalue weighted by molar-refractivity contribution is 6.32. The van der Waals surface area contributed by atoms with Crippen molar-refractivity contribution in [3.8, 4) is 28.1 Å². The molecule has 4 heterocycles. The molecule has 2 N–H and O–H groups in total. The Labute approximate surface area is 247 Å². The summed E-state index contributed by atoms with van der Waals surface area (Å²) < 4.78 is 8.02. The van der Waals surface area contributed by atoms with Crippen molar-refractivity contribution in [1.29, 1.82) is 0 Å². The number of aldehydes is 1. The lowest BCUT2D eigenvalue weighted by atomic mass is 9.94. The number of anilines is 1. The number of rotatable bonds is 8. The third-order valence-electron chi connectivity index (χ3n) is 6.99. The van der Waals surface area contributed by atoms with Crippen LogP contribution in [0.4, 0.5) is 5.82 Å². The lowest BCUT2D eigenvalue weighted by Crippen LogP contribution is -2.22. The minimum Gasteiger partial charge on any atom is -0.493 e. The normalized spacial score (nSPS) is 11.9. The number of nitrogen functional groups attached to an aromatic ring is 1. The maximum absolute atomic E-state index is 12.4. The first kappa shape index (κ1) is 28.6. The molecule has 0 radical (unpaired) electrons. The molecule has 1 unspecified atom stereocenters. The van der Waals surface area contributed by atoms with Gasteiger partial charge >= 0.3 is 0 Å². The molecule has 0 aliphatic rings. The van der Waals surface area contributed by atoms with Crippen LogP contribution in [0.3, 0.4) is 0 Å². The Kier molecular flexibility index (Phi) is 7.86. The summed E-state index contributed by atoms with van der Waals surface area (Å²) in [4.78, 5) is 42.3. The van der Waals surface area contributed by atoms with Crippen LogP contribution in [0, 0.1) is 6.92 Å². The number of nitrogens with two attached hydrogens (primary N) is 1. The summed E-state index contributed by atoms with van der Waals surface area (Å²) in [6.45, 7) is 6.18. The number of halogens is 1. The lowest BCUT2D eigenvalue weighted by molar-refractivity contribution is 0.0822. The van der Waals surface area contributed by atoms with Crippen molar-refractivity contribution in [1.82, 2.24) is 34.6 Å². The highest BCUT2D eigenvalue weighted by Gasteiger charge is 2.27. The number of hydrogen-bond donors (Lipinski definition) is 1. The van der Waals surface area contributed by atoms with Gasteiger partial charge in [-0.25, -0.2) is 14.6 Å². The fourth-order valence-corrected chi connectivity index (χ4v) is 5.03. The molecule has 0 saturated carbocycles. The molecule has 42 heavy (non-hydrogen) atoms. The monoisotopic (exact) mass is 584 g/mol. The van der Waals surface area contributed by atoms with E-state index in [4.69, 9.17) is 27.2 Å². The van der Waals surface area contributed by atoms with E-state index in [-0.39, 0.29) is 11.7 Å². The molecule has 214 valence electrons. The highest BCUT2D eigenvalue weighted by atomic mass is 35.5. The zero-order chi connectivity index (χ0) is 30.1. The van der Waals surface area contributed by atoms with Crippen molar-refractivity contribution in [2.24, 2.45) is 0 Å². The maximum Gasteiger partial charge on any atom is 0.271 e. The van der Waals surface area contributed by atoms with Crippen LogP contribution in [0.1, 0.15) is 52.0 Å². The van der Waals surface area contributed by atoms with Crippen LogP contribution in [0.25, 0.3) is 33.4 Å². The van der Waals surface area contributed by atoms with Gasteiger partial charge in [-0.05, 0) is 50.6 Å². The van der Waals surface area contributed by atoms with Gasteiger partial charge in [0.1, 0.15) is 35.0 Å². The van der Waals surface area contributed by atoms with E-state index in [2.05, 4.69) is 19.9 Å². The number of carbonyl (C=O) groups is 2. The molecule has 5 aromatic rings. The second kappa shape index (κ2) is 11.5. The molecule has 0 fully saturated rings. The molecular weight excluding hydrogens is 556 g/mol. The van der Waals surface area contributed by atoms with Gasteiger partial charge < -0.3 is 15.4 Å². The summed E-state index contributed by atoms with van der Waals surface area (Å²) in [6, 6.07) is 8.34. The smallest absolute Gasteiger partial charge is 0.271 e. The molecule has 0 aliphatic heterocycles. The number of ether oxygens (including phenoxy) is 1. The van der Waals surface area contributed by atoms with Crippen LogP contribution in [0.15, 0.2) is 49.1 Å². The summed E-state index contributed by atoms with van der Waals surface area (Å²) >= 11 is 6.82. The summed E-state index contributed by atoms with van der Waals surface area (Å²) in [5.74, 6) is 0.686. The van der Waals surface area contributed by atoms with E-state index < -0.39 is 6.04 Å². The largest absolute Gasteiger partial charge is 0.493 e. The summed E-state index contributed by atoms with van der Waals surface area (Å²) in [5, 5.41) is 6.00. The predicted octanol–water partition coefficient (Wildman–Crippen LogP) is 5.02. The molecule has 1 aromatic carbocycles. The molecule has 12 heteroatoms. The second-order valence-corrected chi connectivity index (χ2v) is 10.3. The Bertz CT molecular complexity index is 1800. The molecule has 0 saturated heterocycles. The van der Waals surface area contributed by atoms with Gasteiger partial charge in [-0.15, -0.1) is 0 Å². The highest BCUT2D eigenvalue weighted by Crippen LogP contribution is 2.44. The van der Waals surface area contributed by atoms with E-state index in [0.717, 1.165) is 22.3 Å². The Hall–Kier alpha value is -4.90. The quantitative estimate of drug-likeness (QED) is 0.249. The predicted molar refractivity (Wildman–Crippen MR) is 161 cm³/mol. The maximum atomic E-state index is 12.4. The molecule has 1 amide bonds. The number of aromatic nitrogens is 6. The fraction of sp³-hybridized carbons (Fsp3) is 0.233. The fourth-order valence-electron chi connectivity index (χ4n) is 4.81. The van der Waals surface area contributed by atoms with Crippen molar-refractivity contribution >= 4 is 40.6 Å². The Morgan fingerprint density at radius 2 is 1.86 bits per heavy atom. The third-order valence-corrected chi connectivity index (χ3v) is 7.38. The molecule has 0 bridgehead atoms. The van der Waals surface area contributed by atoms with Crippen LogP contribution >= 0.6 is 11.6 Å². The molecular formula is C30H29ClN8O3. The molecule has 5 rings (SSSR count). The van der Waals surface area contributed by atoms with Gasteiger partial charge in [0.2, 0.25) is 0 Å². The van der Waals surface area contributed by atoms with E-state index >= 15 is 0 Å². The van der Waals surface area contributed by atoms with Crippen molar-refractivity contribution < 1.29 is 14.3 Å². The number of nitrogens with zero attached hydrogens (tertiary/aromatic N) is 7. The number of pyridine rings is 2.